The van der Waals surface area contributed by atoms with E-state index >= 15 is 0 Å². The molecule has 0 saturated heterocycles. The first-order chi connectivity index (χ1) is 8.56. The maximum absolute atomic E-state index is 9.65. The van der Waals surface area contributed by atoms with E-state index < -0.39 is 0 Å². The van der Waals surface area contributed by atoms with E-state index in [1.807, 2.05) is 19.1 Å². The van der Waals surface area contributed by atoms with Crippen LogP contribution in [-0.2, 0) is 0 Å². The molecule has 1 aromatic heterocycles. The summed E-state index contributed by atoms with van der Waals surface area (Å²) in [5.74, 6) is 1.44. The van der Waals surface area contributed by atoms with E-state index in [0.717, 1.165) is 21.9 Å². The van der Waals surface area contributed by atoms with Gasteiger partial charge >= 0.3 is 0 Å². The lowest BCUT2D eigenvalue weighted by molar-refractivity contribution is 0.395. The lowest BCUT2D eigenvalue weighted by Crippen LogP contribution is -1.93. The van der Waals surface area contributed by atoms with Gasteiger partial charge in [0.2, 0.25) is 0 Å². The predicted molar refractivity (Wildman–Crippen MR) is 71.8 cm³/mol. The first kappa shape index (κ1) is 12.7. The number of aromatic nitrogens is 1. The SMILES string of the molecule is COc1cc(C)c(-c2nc(C)c(O)s2)c(OC)c1. The number of thiazole rings is 1. The van der Waals surface area contributed by atoms with Gasteiger partial charge in [0.15, 0.2) is 5.06 Å². The van der Waals surface area contributed by atoms with Crippen LogP contribution in [0.1, 0.15) is 11.3 Å². The quantitative estimate of drug-likeness (QED) is 0.926. The second-order valence-electron chi connectivity index (χ2n) is 3.93. The zero-order chi connectivity index (χ0) is 13.3. The van der Waals surface area contributed by atoms with Gasteiger partial charge in [-0.1, -0.05) is 11.3 Å². The van der Waals surface area contributed by atoms with Crippen LogP contribution in [0.15, 0.2) is 12.1 Å². The van der Waals surface area contributed by atoms with Gasteiger partial charge in [0.05, 0.1) is 25.5 Å². The number of hydrogen-bond donors (Lipinski definition) is 1. The van der Waals surface area contributed by atoms with E-state index in [4.69, 9.17) is 9.47 Å². The van der Waals surface area contributed by atoms with Crippen molar-refractivity contribution >= 4 is 11.3 Å². The molecule has 4 nitrogen and oxygen atoms in total. The number of nitrogens with zero attached hydrogens (tertiary/aromatic N) is 1. The molecule has 96 valence electrons. The number of aromatic hydroxyl groups is 1. The van der Waals surface area contributed by atoms with Crippen LogP contribution in [0.2, 0.25) is 0 Å². The van der Waals surface area contributed by atoms with Gasteiger partial charge in [-0.25, -0.2) is 4.98 Å². The molecule has 0 bridgehead atoms. The monoisotopic (exact) mass is 265 g/mol. The van der Waals surface area contributed by atoms with E-state index in [9.17, 15) is 5.11 Å². The first-order valence-corrected chi connectivity index (χ1v) is 6.28. The third-order valence-electron chi connectivity index (χ3n) is 2.71. The van der Waals surface area contributed by atoms with Crippen molar-refractivity contribution in [3.8, 4) is 27.1 Å². The molecule has 0 unspecified atom stereocenters. The van der Waals surface area contributed by atoms with Crippen molar-refractivity contribution in [2.24, 2.45) is 0 Å². The number of rotatable bonds is 3. The zero-order valence-electron chi connectivity index (χ0n) is 10.8. The summed E-state index contributed by atoms with van der Waals surface area (Å²) in [5.41, 5.74) is 2.53. The average molecular weight is 265 g/mol. The fraction of sp³-hybridized carbons (Fsp3) is 0.308. The van der Waals surface area contributed by atoms with Gasteiger partial charge in [0.1, 0.15) is 16.5 Å². The largest absolute Gasteiger partial charge is 0.498 e. The molecule has 2 aromatic rings. The van der Waals surface area contributed by atoms with Crippen LogP contribution in [0, 0.1) is 13.8 Å². The Morgan fingerprint density at radius 1 is 1.17 bits per heavy atom. The van der Waals surface area contributed by atoms with E-state index in [1.165, 1.54) is 11.3 Å². The topological polar surface area (TPSA) is 51.6 Å². The van der Waals surface area contributed by atoms with Crippen LogP contribution in [0.3, 0.4) is 0 Å². The van der Waals surface area contributed by atoms with Gasteiger partial charge in [-0.05, 0) is 25.5 Å². The fourth-order valence-corrected chi connectivity index (χ4v) is 2.69. The van der Waals surface area contributed by atoms with Gasteiger partial charge in [0, 0.05) is 6.07 Å². The van der Waals surface area contributed by atoms with Crippen LogP contribution in [0.25, 0.3) is 10.6 Å². The van der Waals surface area contributed by atoms with Crippen molar-refractivity contribution < 1.29 is 14.6 Å². The Hall–Kier alpha value is -1.75. The Morgan fingerprint density at radius 2 is 1.89 bits per heavy atom. The van der Waals surface area contributed by atoms with Crippen molar-refractivity contribution in [3.05, 3.63) is 23.4 Å². The van der Waals surface area contributed by atoms with Gasteiger partial charge in [-0.15, -0.1) is 0 Å². The summed E-state index contributed by atoms with van der Waals surface area (Å²) in [7, 11) is 3.23. The molecular weight excluding hydrogens is 250 g/mol. The minimum atomic E-state index is 0.238. The maximum Gasteiger partial charge on any atom is 0.195 e. The summed E-state index contributed by atoms with van der Waals surface area (Å²) >= 11 is 1.25. The third kappa shape index (κ3) is 2.13. The number of benzene rings is 1. The molecule has 18 heavy (non-hydrogen) atoms. The summed E-state index contributed by atoms with van der Waals surface area (Å²) < 4.78 is 10.6. The molecule has 0 aliphatic carbocycles. The first-order valence-electron chi connectivity index (χ1n) is 5.46. The molecule has 5 heteroatoms. The predicted octanol–water partition coefficient (Wildman–Crippen LogP) is 3.15. The summed E-state index contributed by atoms with van der Waals surface area (Å²) in [5, 5.41) is 10.6. The minimum absolute atomic E-state index is 0.238. The lowest BCUT2D eigenvalue weighted by Gasteiger charge is -2.11. The standard InChI is InChI=1S/C13H15NO3S/c1-7-5-9(16-3)6-10(17-4)11(7)12-14-8(2)13(15)18-12/h5-6,15H,1-4H3. The smallest absolute Gasteiger partial charge is 0.195 e. The highest BCUT2D eigenvalue weighted by molar-refractivity contribution is 7.16. The van der Waals surface area contributed by atoms with Crippen LogP contribution in [0.4, 0.5) is 0 Å². The van der Waals surface area contributed by atoms with Gasteiger partial charge in [-0.2, -0.15) is 0 Å². The van der Waals surface area contributed by atoms with Crippen LogP contribution in [0.5, 0.6) is 16.6 Å². The van der Waals surface area contributed by atoms with Gasteiger partial charge < -0.3 is 14.6 Å². The van der Waals surface area contributed by atoms with Crippen molar-refractivity contribution in [3.63, 3.8) is 0 Å². The third-order valence-corrected chi connectivity index (χ3v) is 3.69. The maximum atomic E-state index is 9.65. The summed E-state index contributed by atoms with van der Waals surface area (Å²) in [6, 6.07) is 3.74. The highest BCUT2D eigenvalue weighted by Crippen LogP contribution is 2.41. The highest BCUT2D eigenvalue weighted by Gasteiger charge is 2.16. The fourth-order valence-electron chi connectivity index (χ4n) is 1.77. The molecule has 0 radical (unpaired) electrons. The normalized spacial score (nSPS) is 10.4. The van der Waals surface area contributed by atoms with Crippen molar-refractivity contribution in [2.75, 3.05) is 14.2 Å². The Morgan fingerprint density at radius 3 is 2.39 bits per heavy atom. The lowest BCUT2D eigenvalue weighted by atomic mass is 10.1. The molecule has 1 heterocycles. The van der Waals surface area contributed by atoms with Crippen molar-refractivity contribution in [2.45, 2.75) is 13.8 Å². The minimum Gasteiger partial charge on any atom is -0.498 e. The Bertz CT molecular complexity index is 558. The van der Waals surface area contributed by atoms with E-state index in [1.54, 1.807) is 21.1 Å². The second kappa shape index (κ2) is 4.86. The summed E-state index contributed by atoms with van der Waals surface area (Å²) in [6.07, 6.45) is 0. The molecule has 2 rings (SSSR count). The number of aryl methyl sites for hydroxylation is 2. The molecular formula is C13H15NO3S. The summed E-state index contributed by atoms with van der Waals surface area (Å²) in [4.78, 5) is 4.35. The zero-order valence-corrected chi connectivity index (χ0v) is 11.6. The van der Waals surface area contributed by atoms with Crippen LogP contribution >= 0.6 is 11.3 Å². The molecule has 1 N–H and O–H groups in total. The molecule has 0 amide bonds. The molecule has 0 fully saturated rings. The van der Waals surface area contributed by atoms with Crippen molar-refractivity contribution in [1.29, 1.82) is 0 Å². The van der Waals surface area contributed by atoms with E-state index in [0.29, 0.717) is 11.4 Å². The van der Waals surface area contributed by atoms with E-state index in [-0.39, 0.29) is 5.06 Å². The molecule has 1 aromatic carbocycles. The number of hydrogen-bond acceptors (Lipinski definition) is 5. The Balaban J connectivity index is 2.62. The molecule has 0 atom stereocenters. The van der Waals surface area contributed by atoms with Crippen LogP contribution in [-0.4, -0.2) is 24.3 Å². The van der Waals surface area contributed by atoms with Gasteiger partial charge in [-0.3, -0.25) is 0 Å². The molecule has 0 spiro atoms. The second-order valence-corrected chi connectivity index (χ2v) is 4.91. The van der Waals surface area contributed by atoms with Gasteiger partial charge in [0.25, 0.3) is 0 Å². The van der Waals surface area contributed by atoms with Crippen molar-refractivity contribution in [1.82, 2.24) is 4.98 Å². The van der Waals surface area contributed by atoms with E-state index in [2.05, 4.69) is 4.98 Å². The summed E-state index contributed by atoms with van der Waals surface area (Å²) in [6.45, 7) is 3.74. The van der Waals surface area contributed by atoms with Crippen LogP contribution < -0.4 is 9.47 Å². The molecule has 0 aliphatic heterocycles. The highest BCUT2D eigenvalue weighted by atomic mass is 32.1. The number of ether oxygens (including phenoxy) is 2. The Labute approximate surface area is 110 Å². The Kier molecular flexibility index (Phi) is 3.43. The molecule has 0 aliphatic rings. The number of methoxy groups -OCH3 is 2. The average Bonchev–Trinajstić information content (AvgIpc) is 2.67. The molecule has 0 saturated carbocycles.